The normalized spacial score (nSPS) is 17.3. The van der Waals surface area contributed by atoms with Crippen molar-refractivity contribution in [2.75, 3.05) is 19.8 Å². The summed E-state index contributed by atoms with van der Waals surface area (Å²) in [7, 11) is -5.95. The standard InChI is InChI=1S/C92H175N2O17P/c1-7-13-19-25-31-37-40-46-52-58-64-70-85(98)107-79(67-61-55-49-43-34-28-22-16-10-4)75-83(96)93-73-74-106-91-89(94-84(97)76-80(68-62-56-50-44-35-29-23-17-11-5)108-86(99)71-65-59-53-47-41-38-32-26-20-14-8-2)90(92(102,112(103,104)105)82(78-95)110-91)111-88(101)77-81(69-63-57-51-45-36-30-24-18-12-6)109-87(100)72-66-60-54-48-42-39-33-27-21-15-9-3/h79-82,89-91,95,102H,7-78H2,1-6H3,(H,93,96)(H,94,97)(H2,103,104,105)/t79-,80-,81-,82-,89-,90-,91-,92+/m1/s1. The predicted octanol–water partition coefficient (Wildman–Crippen LogP) is 23.9. The van der Waals surface area contributed by atoms with Gasteiger partial charge in [0, 0.05) is 25.8 Å². The molecule has 0 saturated carbocycles. The molecule has 6 N–H and O–H groups in total. The van der Waals surface area contributed by atoms with Crippen LogP contribution < -0.4 is 10.6 Å². The van der Waals surface area contributed by atoms with Crippen molar-refractivity contribution in [1.29, 1.82) is 0 Å². The average Bonchev–Trinajstić information content (AvgIpc) is 0.732. The van der Waals surface area contributed by atoms with Gasteiger partial charge in [0.15, 0.2) is 12.4 Å². The number of hydrogen-bond acceptors (Lipinski definition) is 15. The number of carbonyl (C=O) groups is 6. The van der Waals surface area contributed by atoms with Crippen molar-refractivity contribution in [2.24, 2.45) is 0 Å². The SMILES string of the molecule is CCCCCCCCCCCCCC(=O)O[C@H](CCCCCCCCCCC)CC(=O)NCCO[C@@H]1O[C@H](CO)[C@](O)(P(=O)(O)O)[C@H](OC(=O)C[C@@H](CCCCCCCCCCC)OC(=O)CCCCCCCCCCCCC)[C@H]1NC(=O)C[C@@H](CCCCCCCCCCC)OC(=O)CCCCCCCCCCCCC. The molecule has 19 nitrogen and oxygen atoms in total. The molecular formula is C92H175N2O17P. The van der Waals surface area contributed by atoms with E-state index in [1.165, 1.54) is 180 Å². The van der Waals surface area contributed by atoms with Gasteiger partial charge in [-0.2, -0.15) is 0 Å². The van der Waals surface area contributed by atoms with Crippen LogP contribution in [0.15, 0.2) is 0 Å². The first-order valence-corrected chi connectivity index (χ1v) is 49.0. The monoisotopic (exact) mass is 1610 g/mol. The molecule has 1 rings (SSSR count). The summed E-state index contributed by atoms with van der Waals surface area (Å²) in [5, 5.41) is 25.7. The molecule has 1 aliphatic rings. The van der Waals surface area contributed by atoms with E-state index in [0.29, 0.717) is 44.9 Å². The van der Waals surface area contributed by atoms with Crippen molar-refractivity contribution in [3.05, 3.63) is 0 Å². The van der Waals surface area contributed by atoms with Gasteiger partial charge in [-0.3, -0.25) is 33.3 Å². The van der Waals surface area contributed by atoms with Crippen molar-refractivity contribution in [3.8, 4) is 0 Å². The summed E-state index contributed by atoms with van der Waals surface area (Å²) in [6.45, 7) is 11.5. The van der Waals surface area contributed by atoms with Crippen LogP contribution in [0.3, 0.4) is 0 Å². The molecule has 1 fully saturated rings. The maximum Gasteiger partial charge on any atom is 0.363 e. The van der Waals surface area contributed by atoms with Gasteiger partial charge in [0.25, 0.3) is 0 Å². The Morgan fingerprint density at radius 2 is 0.625 bits per heavy atom. The predicted molar refractivity (Wildman–Crippen MR) is 456 cm³/mol. The minimum absolute atomic E-state index is 0.113. The van der Waals surface area contributed by atoms with Crippen LogP contribution in [0.2, 0.25) is 0 Å². The van der Waals surface area contributed by atoms with Crippen molar-refractivity contribution in [1.82, 2.24) is 10.6 Å². The molecule has 0 bridgehead atoms. The minimum atomic E-state index is -5.95. The third-order valence-corrected chi connectivity index (χ3v) is 24.2. The third kappa shape index (κ3) is 58.6. The van der Waals surface area contributed by atoms with Gasteiger partial charge in [-0.1, -0.05) is 388 Å². The van der Waals surface area contributed by atoms with Gasteiger partial charge in [0.05, 0.1) is 32.5 Å². The van der Waals surface area contributed by atoms with E-state index < -0.39 is 105 Å². The van der Waals surface area contributed by atoms with Gasteiger partial charge < -0.3 is 59.1 Å². The smallest absolute Gasteiger partial charge is 0.363 e. The van der Waals surface area contributed by atoms with E-state index in [-0.39, 0.29) is 51.2 Å². The molecular weight excluding hydrogens is 1440 g/mol. The van der Waals surface area contributed by atoms with Crippen LogP contribution in [0, 0.1) is 0 Å². The maximum absolute atomic E-state index is 14.9. The van der Waals surface area contributed by atoms with E-state index in [1.807, 2.05) is 0 Å². The molecule has 660 valence electrons. The van der Waals surface area contributed by atoms with E-state index in [4.69, 9.17) is 28.4 Å². The first-order valence-electron chi connectivity index (χ1n) is 47.4. The van der Waals surface area contributed by atoms with Gasteiger partial charge in [0.2, 0.25) is 17.2 Å². The highest BCUT2D eigenvalue weighted by Gasteiger charge is 2.67. The van der Waals surface area contributed by atoms with E-state index in [0.717, 1.165) is 173 Å². The summed E-state index contributed by atoms with van der Waals surface area (Å²) in [5.41, 5.74) is 0. The first kappa shape index (κ1) is 107. The first-order chi connectivity index (χ1) is 54.4. The van der Waals surface area contributed by atoms with Crippen molar-refractivity contribution >= 4 is 43.3 Å². The molecule has 1 heterocycles. The van der Waals surface area contributed by atoms with E-state index in [9.17, 15) is 53.3 Å². The minimum Gasteiger partial charge on any atom is -0.462 e. The van der Waals surface area contributed by atoms with Crippen molar-refractivity contribution in [2.45, 2.75) is 533 Å². The van der Waals surface area contributed by atoms with Crippen LogP contribution in [0.4, 0.5) is 0 Å². The van der Waals surface area contributed by atoms with Gasteiger partial charge in [-0.05, 0) is 57.8 Å². The summed E-state index contributed by atoms with van der Waals surface area (Å²) < 4.78 is 50.7. The quantitative estimate of drug-likeness (QED) is 0.0143. The van der Waals surface area contributed by atoms with Crippen LogP contribution in [0.25, 0.3) is 0 Å². The third-order valence-electron chi connectivity index (χ3n) is 22.7. The van der Waals surface area contributed by atoms with Gasteiger partial charge in [0.1, 0.15) is 30.5 Å². The number of amides is 2. The second-order valence-corrected chi connectivity index (χ2v) is 35.2. The van der Waals surface area contributed by atoms with Crippen LogP contribution in [-0.2, 0) is 61.8 Å². The van der Waals surface area contributed by atoms with E-state index >= 15 is 0 Å². The molecule has 8 atom stereocenters. The molecule has 0 unspecified atom stereocenters. The Kier molecular flexibility index (Phi) is 71.8. The average molecular weight is 1610 g/mol. The summed E-state index contributed by atoms with van der Waals surface area (Å²) in [6.07, 6.45) is 57.0. The number of ether oxygens (including phenoxy) is 6. The Bertz CT molecular complexity index is 2280. The number of nitrogens with one attached hydrogen (secondary N) is 2. The Hall–Kier alpha value is -3.19. The fourth-order valence-electron chi connectivity index (χ4n) is 15.6. The molecule has 2 amide bonds. The zero-order valence-electron chi connectivity index (χ0n) is 73.0. The number of unbranched alkanes of at least 4 members (excludes halogenated alkanes) is 54. The van der Waals surface area contributed by atoms with Gasteiger partial charge >= 0.3 is 31.5 Å². The molecule has 0 spiro atoms. The zero-order chi connectivity index (χ0) is 82.1. The maximum atomic E-state index is 14.9. The highest BCUT2D eigenvalue weighted by Crippen LogP contribution is 2.57. The number of esters is 4. The molecule has 0 aromatic rings. The number of hydrogen-bond donors (Lipinski definition) is 6. The largest absolute Gasteiger partial charge is 0.462 e. The van der Waals surface area contributed by atoms with E-state index in [1.54, 1.807) is 0 Å². The second-order valence-electron chi connectivity index (χ2n) is 33.4. The second kappa shape index (κ2) is 75.3. The summed E-state index contributed by atoms with van der Waals surface area (Å²) in [5.74, 6) is -3.62. The molecule has 1 aliphatic heterocycles. The molecule has 112 heavy (non-hydrogen) atoms. The van der Waals surface area contributed by atoms with Gasteiger partial charge in [-0.15, -0.1) is 0 Å². The highest BCUT2D eigenvalue weighted by atomic mass is 31.2. The Morgan fingerprint density at radius 1 is 0.366 bits per heavy atom. The lowest BCUT2D eigenvalue weighted by molar-refractivity contribution is -0.288. The molecule has 0 aliphatic carbocycles. The Balaban J connectivity index is 3.70. The lowest BCUT2D eigenvalue weighted by Crippen LogP contribution is -2.71. The Labute approximate surface area is 684 Å². The van der Waals surface area contributed by atoms with Crippen molar-refractivity contribution < 1.29 is 81.8 Å². The zero-order valence-corrected chi connectivity index (χ0v) is 73.9. The number of rotatable bonds is 83. The molecule has 1 saturated heterocycles. The van der Waals surface area contributed by atoms with Gasteiger partial charge in [-0.25, -0.2) is 0 Å². The van der Waals surface area contributed by atoms with Crippen LogP contribution in [0.1, 0.15) is 485 Å². The molecule has 20 heteroatoms. The summed E-state index contributed by atoms with van der Waals surface area (Å²) in [6, 6.07) is -1.90. The summed E-state index contributed by atoms with van der Waals surface area (Å²) in [4.78, 5) is 107. The molecule has 0 aromatic heterocycles. The number of carbonyl (C=O) groups excluding carboxylic acids is 6. The van der Waals surface area contributed by atoms with Crippen LogP contribution in [0.5, 0.6) is 0 Å². The van der Waals surface area contributed by atoms with Crippen LogP contribution in [-0.4, -0.2) is 124 Å². The van der Waals surface area contributed by atoms with E-state index in [2.05, 4.69) is 52.2 Å². The molecule has 0 radical (unpaired) electrons. The topological polar surface area (TPSA) is 280 Å². The highest BCUT2D eigenvalue weighted by molar-refractivity contribution is 7.53. The fourth-order valence-corrected chi connectivity index (χ4v) is 16.6. The van der Waals surface area contributed by atoms with Crippen LogP contribution >= 0.6 is 7.60 Å². The lowest BCUT2D eigenvalue weighted by Gasteiger charge is -2.50. The summed E-state index contributed by atoms with van der Waals surface area (Å²) >= 11 is 0. The van der Waals surface area contributed by atoms with Crippen molar-refractivity contribution in [3.63, 3.8) is 0 Å². The fraction of sp³-hybridized carbons (Fsp3) is 0.935. The number of aliphatic hydroxyl groups excluding tert-OH is 1. The molecule has 0 aromatic carbocycles. The number of aliphatic hydroxyl groups is 2. The lowest BCUT2D eigenvalue weighted by atomic mass is 9.95. The Morgan fingerprint density at radius 3 is 0.902 bits per heavy atom.